The van der Waals surface area contributed by atoms with E-state index in [-0.39, 0.29) is 42.6 Å². The fraction of sp³-hybridized carbons (Fsp3) is 0.400. The first-order chi connectivity index (χ1) is 16.9. The number of nitrogens with zero attached hydrogens (tertiary/aromatic N) is 5. The Morgan fingerprint density at radius 2 is 1.83 bits per heavy atom. The zero-order chi connectivity index (χ0) is 24.8. The van der Waals surface area contributed by atoms with Crippen molar-refractivity contribution in [2.75, 3.05) is 7.11 Å². The lowest BCUT2D eigenvalue weighted by Crippen LogP contribution is -2.50. The summed E-state index contributed by atoms with van der Waals surface area (Å²) in [6.07, 6.45) is 4.12. The molecule has 2 amide bonds. The molecule has 1 aliphatic rings. The number of amides is 2. The first-order valence-electron chi connectivity index (χ1n) is 11.7. The first-order valence-corrected chi connectivity index (χ1v) is 11.7. The second kappa shape index (κ2) is 11.1. The quantitative estimate of drug-likeness (QED) is 0.505. The van der Waals surface area contributed by atoms with Crippen molar-refractivity contribution in [2.45, 2.75) is 57.8 Å². The number of rotatable bonds is 9. The molecule has 2 aromatic carbocycles. The summed E-state index contributed by atoms with van der Waals surface area (Å²) in [7, 11) is 1.59. The highest BCUT2D eigenvalue weighted by atomic mass is 19.1. The number of methoxy groups -OCH3 is 1. The molecule has 1 heterocycles. The van der Waals surface area contributed by atoms with Gasteiger partial charge in [0.1, 0.15) is 24.2 Å². The molecule has 0 bridgehead atoms. The van der Waals surface area contributed by atoms with Crippen LogP contribution in [0.15, 0.2) is 48.5 Å². The molecule has 1 saturated carbocycles. The van der Waals surface area contributed by atoms with Crippen LogP contribution in [-0.2, 0) is 22.7 Å². The maximum absolute atomic E-state index is 13.4. The average Bonchev–Trinajstić information content (AvgIpc) is 3.55. The van der Waals surface area contributed by atoms with Crippen LogP contribution in [0, 0.1) is 5.82 Å². The maximum atomic E-state index is 13.4. The van der Waals surface area contributed by atoms with Gasteiger partial charge in [-0.2, -0.15) is 4.80 Å². The standard InChI is InChI=1S/C25H29FN6O3/c1-17(25(34)27-21-5-3-4-6-21)31(15-18-7-13-22(35-2)14-8-18)23(33)16-32-29-24(28-30-32)19-9-11-20(26)12-10-19/h7-14,17,21H,3-6,15-16H2,1-2H3,(H,27,34). The number of carbonyl (C=O) groups excluding carboxylic acids is 2. The van der Waals surface area contributed by atoms with Gasteiger partial charge >= 0.3 is 0 Å². The van der Waals surface area contributed by atoms with Gasteiger partial charge in [0.25, 0.3) is 0 Å². The van der Waals surface area contributed by atoms with Crippen LogP contribution in [-0.4, -0.2) is 56.1 Å². The van der Waals surface area contributed by atoms with E-state index in [1.54, 1.807) is 26.2 Å². The number of carbonyl (C=O) groups is 2. The van der Waals surface area contributed by atoms with Gasteiger partial charge in [-0.15, -0.1) is 10.2 Å². The van der Waals surface area contributed by atoms with E-state index in [1.807, 2.05) is 24.3 Å². The summed E-state index contributed by atoms with van der Waals surface area (Å²) in [5.41, 5.74) is 1.45. The lowest BCUT2D eigenvalue weighted by Gasteiger charge is -2.29. The highest BCUT2D eigenvalue weighted by Gasteiger charge is 2.29. The SMILES string of the molecule is COc1ccc(CN(C(=O)Cn2nnc(-c3ccc(F)cc3)n2)C(C)C(=O)NC2CCCC2)cc1. The van der Waals surface area contributed by atoms with Crippen molar-refractivity contribution >= 4 is 11.8 Å². The largest absolute Gasteiger partial charge is 0.497 e. The summed E-state index contributed by atoms with van der Waals surface area (Å²) in [5.74, 6) is 0.121. The van der Waals surface area contributed by atoms with Crippen LogP contribution in [0.1, 0.15) is 38.2 Å². The number of ether oxygens (including phenoxy) is 1. The van der Waals surface area contributed by atoms with Gasteiger partial charge in [-0.05, 0) is 66.9 Å². The van der Waals surface area contributed by atoms with Gasteiger partial charge in [-0.25, -0.2) is 4.39 Å². The number of benzene rings is 2. The van der Waals surface area contributed by atoms with Gasteiger partial charge in [0, 0.05) is 18.2 Å². The molecule has 1 unspecified atom stereocenters. The second-order valence-corrected chi connectivity index (χ2v) is 8.69. The van der Waals surface area contributed by atoms with Crippen molar-refractivity contribution in [1.29, 1.82) is 0 Å². The third-order valence-electron chi connectivity index (χ3n) is 6.21. The highest BCUT2D eigenvalue weighted by molar-refractivity contribution is 5.87. The Morgan fingerprint density at radius 1 is 1.14 bits per heavy atom. The Morgan fingerprint density at radius 3 is 2.49 bits per heavy atom. The smallest absolute Gasteiger partial charge is 0.247 e. The van der Waals surface area contributed by atoms with Crippen molar-refractivity contribution in [3.63, 3.8) is 0 Å². The molecule has 9 nitrogen and oxygen atoms in total. The van der Waals surface area contributed by atoms with Crippen molar-refractivity contribution in [1.82, 2.24) is 30.4 Å². The first kappa shape index (κ1) is 24.3. The number of hydrogen-bond acceptors (Lipinski definition) is 6. The zero-order valence-electron chi connectivity index (χ0n) is 19.9. The van der Waals surface area contributed by atoms with Crippen LogP contribution in [0.25, 0.3) is 11.4 Å². The van der Waals surface area contributed by atoms with Crippen LogP contribution in [0.2, 0.25) is 0 Å². The summed E-state index contributed by atoms with van der Waals surface area (Å²) < 4.78 is 18.4. The Kier molecular flexibility index (Phi) is 7.69. The van der Waals surface area contributed by atoms with Gasteiger partial charge in [0.05, 0.1) is 7.11 Å². The van der Waals surface area contributed by atoms with E-state index in [1.165, 1.54) is 21.8 Å². The van der Waals surface area contributed by atoms with Gasteiger partial charge in [0.2, 0.25) is 17.6 Å². The Hall–Kier alpha value is -3.82. The topological polar surface area (TPSA) is 102 Å². The average molecular weight is 481 g/mol. The minimum Gasteiger partial charge on any atom is -0.497 e. The maximum Gasteiger partial charge on any atom is 0.247 e. The van der Waals surface area contributed by atoms with Crippen LogP contribution >= 0.6 is 0 Å². The summed E-state index contributed by atoms with van der Waals surface area (Å²) in [5, 5.41) is 15.3. The van der Waals surface area contributed by atoms with Crippen LogP contribution < -0.4 is 10.1 Å². The fourth-order valence-corrected chi connectivity index (χ4v) is 4.14. The minimum absolute atomic E-state index is 0.151. The molecule has 0 aliphatic heterocycles. The van der Waals surface area contributed by atoms with Crippen molar-refractivity contribution in [3.05, 3.63) is 59.9 Å². The molecule has 35 heavy (non-hydrogen) atoms. The summed E-state index contributed by atoms with van der Waals surface area (Å²) >= 11 is 0. The highest BCUT2D eigenvalue weighted by Crippen LogP contribution is 2.19. The molecule has 10 heteroatoms. The lowest BCUT2D eigenvalue weighted by molar-refractivity contribution is -0.141. The molecule has 1 fully saturated rings. The molecular weight excluding hydrogens is 451 g/mol. The fourth-order valence-electron chi connectivity index (χ4n) is 4.14. The van der Waals surface area contributed by atoms with E-state index >= 15 is 0 Å². The third-order valence-corrected chi connectivity index (χ3v) is 6.21. The number of aromatic nitrogens is 4. The molecule has 0 spiro atoms. The van der Waals surface area contributed by atoms with Gasteiger partial charge in [0.15, 0.2) is 0 Å². The van der Waals surface area contributed by atoms with Crippen LogP contribution in [0.5, 0.6) is 5.75 Å². The lowest BCUT2D eigenvalue weighted by atomic mass is 10.1. The Bertz CT molecular complexity index is 1140. The van der Waals surface area contributed by atoms with Crippen molar-refractivity contribution in [3.8, 4) is 17.1 Å². The van der Waals surface area contributed by atoms with E-state index in [0.29, 0.717) is 11.3 Å². The molecule has 1 atom stereocenters. The number of tetrazole rings is 1. The molecule has 1 aromatic heterocycles. The predicted octanol–water partition coefficient (Wildman–Crippen LogP) is 2.96. The van der Waals surface area contributed by atoms with Crippen LogP contribution in [0.4, 0.5) is 4.39 Å². The minimum atomic E-state index is -0.690. The molecule has 4 rings (SSSR count). The number of hydrogen-bond donors (Lipinski definition) is 1. The van der Waals surface area contributed by atoms with Gasteiger partial charge < -0.3 is 15.0 Å². The third kappa shape index (κ3) is 6.20. The van der Waals surface area contributed by atoms with E-state index in [4.69, 9.17) is 4.74 Å². The van der Waals surface area contributed by atoms with E-state index in [2.05, 4.69) is 20.7 Å². The van der Waals surface area contributed by atoms with Gasteiger partial charge in [-0.3, -0.25) is 9.59 Å². The Labute approximate surface area is 203 Å². The van der Waals surface area contributed by atoms with E-state index in [0.717, 1.165) is 31.2 Å². The summed E-state index contributed by atoms with van der Waals surface area (Å²) in [6, 6.07) is 12.5. The van der Waals surface area contributed by atoms with Crippen molar-refractivity contribution in [2.24, 2.45) is 0 Å². The second-order valence-electron chi connectivity index (χ2n) is 8.69. The number of halogens is 1. The predicted molar refractivity (Wildman–Crippen MR) is 127 cm³/mol. The monoisotopic (exact) mass is 480 g/mol. The van der Waals surface area contributed by atoms with Gasteiger partial charge in [-0.1, -0.05) is 25.0 Å². The molecule has 0 saturated heterocycles. The molecule has 1 N–H and O–H groups in total. The molecule has 3 aromatic rings. The van der Waals surface area contributed by atoms with E-state index < -0.39 is 6.04 Å². The van der Waals surface area contributed by atoms with E-state index in [9.17, 15) is 14.0 Å². The zero-order valence-corrected chi connectivity index (χ0v) is 19.9. The van der Waals surface area contributed by atoms with Crippen molar-refractivity contribution < 1.29 is 18.7 Å². The Balaban J connectivity index is 1.50. The molecule has 1 aliphatic carbocycles. The molecular formula is C25H29FN6O3. The summed E-state index contributed by atoms with van der Waals surface area (Å²) in [4.78, 5) is 29.1. The molecule has 0 radical (unpaired) electrons. The summed E-state index contributed by atoms with van der Waals surface area (Å²) in [6.45, 7) is 1.78. The normalized spacial score (nSPS) is 14.5. The number of nitrogens with one attached hydrogen (secondary N) is 1. The molecule has 184 valence electrons. The van der Waals surface area contributed by atoms with Crippen LogP contribution in [0.3, 0.4) is 0 Å².